The zero-order valence-electron chi connectivity index (χ0n) is 12.2. The van der Waals surface area contributed by atoms with Crippen molar-refractivity contribution in [1.82, 2.24) is 5.32 Å². The fourth-order valence-corrected chi connectivity index (χ4v) is 2.86. The third kappa shape index (κ3) is 5.91. The minimum Gasteiger partial charge on any atom is -0.469 e. The van der Waals surface area contributed by atoms with Crippen molar-refractivity contribution in [2.24, 2.45) is 5.92 Å². The molecule has 0 heterocycles. The lowest BCUT2D eigenvalue weighted by atomic mass is 10.00. The highest BCUT2D eigenvalue weighted by atomic mass is 127. The van der Waals surface area contributed by atoms with E-state index in [1.54, 1.807) is 0 Å². The molecular weight excluding hydrogens is 385 g/mol. The molecule has 0 fully saturated rings. The fourth-order valence-electron chi connectivity index (χ4n) is 1.89. The van der Waals surface area contributed by atoms with Gasteiger partial charge in [0.15, 0.2) is 0 Å². The van der Waals surface area contributed by atoms with Crippen LogP contribution >= 0.6 is 22.6 Å². The Morgan fingerprint density at radius 3 is 2.48 bits per heavy atom. The molecular formula is C15H20INO4. The van der Waals surface area contributed by atoms with Gasteiger partial charge < -0.3 is 14.8 Å². The van der Waals surface area contributed by atoms with Crippen molar-refractivity contribution in [3.63, 3.8) is 0 Å². The quantitative estimate of drug-likeness (QED) is 0.431. The Bertz CT molecular complexity index is 452. The largest absolute Gasteiger partial charge is 0.469 e. The van der Waals surface area contributed by atoms with Crippen LogP contribution in [-0.4, -0.2) is 29.6 Å². The van der Waals surface area contributed by atoms with Gasteiger partial charge in [-0.25, -0.2) is 4.79 Å². The topological polar surface area (TPSA) is 64.6 Å². The van der Waals surface area contributed by atoms with Crippen molar-refractivity contribution in [3.05, 3.63) is 35.9 Å². The molecule has 2 atom stereocenters. The molecule has 1 aromatic rings. The van der Waals surface area contributed by atoms with E-state index in [4.69, 9.17) is 9.47 Å². The summed E-state index contributed by atoms with van der Waals surface area (Å²) >= 11 is 2.11. The van der Waals surface area contributed by atoms with Crippen LogP contribution in [0.5, 0.6) is 0 Å². The fraction of sp³-hybridized carbons (Fsp3) is 0.467. The molecule has 0 spiro atoms. The van der Waals surface area contributed by atoms with E-state index in [2.05, 4.69) is 27.9 Å². The highest BCUT2D eigenvalue weighted by Gasteiger charge is 2.28. The molecule has 1 N–H and O–H groups in total. The predicted octanol–water partition coefficient (Wildman–Crippen LogP) is 2.92. The van der Waals surface area contributed by atoms with Crippen LogP contribution in [0.1, 0.15) is 18.9 Å². The number of hydrogen-bond acceptors (Lipinski definition) is 4. The maximum absolute atomic E-state index is 11.8. The van der Waals surface area contributed by atoms with E-state index in [0.717, 1.165) is 5.56 Å². The van der Waals surface area contributed by atoms with Gasteiger partial charge >= 0.3 is 12.1 Å². The van der Waals surface area contributed by atoms with Crippen LogP contribution in [0, 0.1) is 5.92 Å². The lowest BCUT2D eigenvalue weighted by Crippen LogP contribution is -2.44. The second-order valence-corrected chi connectivity index (χ2v) is 5.39. The zero-order valence-corrected chi connectivity index (χ0v) is 14.3. The van der Waals surface area contributed by atoms with Gasteiger partial charge in [-0.3, -0.25) is 4.79 Å². The van der Waals surface area contributed by atoms with E-state index in [0.29, 0.717) is 10.8 Å². The Hall–Kier alpha value is -1.31. The van der Waals surface area contributed by atoms with E-state index < -0.39 is 6.09 Å². The van der Waals surface area contributed by atoms with Crippen molar-refractivity contribution in [3.8, 4) is 0 Å². The second-order valence-electron chi connectivity index (χ2n) is 4.50. The minimum atomic E-state index is -0.524. The lowest BCUT2D eigenvalue weighted by molar-refractivity contribution is -0.145. The summed E-state index contributed by atoms with van der Waals surface area (Å²) in [7, 11) is 1.35. The summed E-state index contributed by atoms with van der Waals surface area (Å²) in [6, 6.07) is 9.14. The number of hydrogen-bond donors (Lipinski definition) is 1. The summed E-state index contributed by atoms with van der Waals surface area (Å²) in [4.78, 5) is 23.5. The molecule has 2 unspecified atom stereocenters. The second kappa shape index (κ2) is 9.59. The van der Waals surface area contributed by atoms with Crippen LogP contribution in [0.4, 0.5) is 4.79 Å². The predicted molar refractivity (Wildman–Crippen MR) is 88.2 cm³/mol. The molecule has 6 heteroatoms. The molecule has 116 valence electrons. The molecule has 0 aliphatic heterocycles. The summed E-state index contributed by atoms with van der Waals surface area (Å²) < 4.78 is 10.5. The summed E-state index contributed by atoms with van der Waals surface area (Å²) in [5.74, 6) is -0.690. The van der Waals surface area contributed by atoms with E-state index >= 15 is 0 Å². The molecule has 0 radical (unpaired) electrons. The highest BCUT2D eigenvalue weighted by molar-refractivity contribution is 14.1. The van der Waals surface area contributed by atoms with E-state index in [1.807, 2.05) is 37.3 Å². The van der Waals surface area contributed by atoms with Gasteiger partial charge in [0.05, 0.1) is 13.0 Å². The first-order valence-electron chi connectivity index (χ1n) is 6.73. The van der Waals surface area contributed by atoms with Gasteiger partial charge in [0.1, 0.15) is 6.61 Å². The number of alkyl carbamates (subject to hydrolysis) is 1. The zero-order chi connectivity index (χ0) is 15.7. The maximum Gasteiger partial charge on any atom is 0.407 e. The van der Waals surface area contributed by atoms with E-state index in [9.17, 15) is 9.59 Å². The number of methoxy groups -OCH3 is 1. The van der Waals surface area contributed by atoms with Crippen molar-refractivity contribution in [2.45, 2.75) is 26.0 Å². The van der Waals surface area contributed by atoms with Crippen LogP contribution in [0.3, 0.4) is 0 Å². The third-order valence-electron chi connectivity index (χ3n) is 3.11. The third-order valence-corrected chi connectivity index (χ3v) is 4.06. The molecule has 0 aliphatic rings. The summed E-state index contributed by atoms with van der Waals surface area (Å²) in [6.07, 6.45) is 0.105. The molecule has 0 saturated heterocycles. The maximum atomic E-state index is 11.8. The molecule has 0 aliphatic carbocycles. The minimum absolute atomic E-state index is 0.205. The number of ether oxygens (including phenoxy) is 2. The van der Waals surface area contributed by atoms with Crippen molar-refractivity contribution in [2.75, 3.05) is 11.5 Å². The normalized spacial score (nSPS) is 13.1. The number of benzene rings is 1. The van der Waals surface area contributed by atoms with Crippen LogP contribution in [0.25, 0.3) is 0 Å². The standard InChI is InChI=1S/C15H20INO4/c1-3-13(12(9-16)14(18)20-2)17-15(19)21-10-11-7-5-4-6-8-11/h4-8,12-13H,3,9-10H2,1-2H3,(H,17,19). The number of alkyl halides is 1. The van der Waals surface area contributed by atoms with Crippen molar-refractivity contribution >= 4 is 34.7 Å². The summed E-state index contributed by atoms with van der Waals surface area (Å²) in [5.41, 5.74) is 0.916. The smallest absolute Gasteiger partial charge is 0.407 e. The number of esters is 1. The van der Waals surface area contributed by atoms with Gasteiger partial charge in [-0.05, 0) is 12.0 Å². The van der Waals surface area contributed by atoms with E-state index in [-0.39, 0.29) is 24.5 Å². The number of amides is 1. The van der Waals surface area contributed by atoms with Crippen LogP contribution in [0.2, 0.25) is 0 Å². The van der Waals surface area contributed by atoms with Gasteiger partial charge in [0.25, 0.3) is 0 Å². The number of carbonyl (C=O) groups is 2. The number of carbonyl (C=O) groups excluding carboxylic acids is 2. The molecule has 5 nitrogen and oxygen atoms in total. The molecule has 0 saturated carbocycles. The Labute approximate surface area is 138 Å². The molecule has 21 heavy (non-hydrogen) atoms. The monoisotopic (exact) mass is 405 g/mol. The SMILES string of the molecule is CCC(NC(=O)OCc1ccccc1)C(CI)C(=O)OC. The average Bonchev–Trinajstić information content (AvgIpc) is 2.53. The Balaban J connectivity index is 2.52. The Morgan fingerprint density at radius 2 is 1.95 bits per heavy atom. The average molecular weight is 405 g/mol. The first-order chi connectivity index (χ1) is 10.1. The molecule has 0 bridgehead atoms. The van der Waals surface area contributed by atoms with Gasteiger partial charge in [0, 0.05) is 10.5 Å². The molecule has 1 aromatic carbocycles. The Morgan fingerprint density at radius 1 is 1.29 bits per heavy atom. The summed E-state index contributed by atoms with van der Waals surface area (Å²) in [6.45, 7) is 2.11. The lowest BCUT2D eigenvalue weighted by Gasteiger charge is -2.23. The van der Waals surface area contributed by atoms with Crippen LogP contribution < -0.4 is 5.32 Å². The first kappa shape index (κ1) is 17.7. The number of rotatable bonds is 7. The number of nitrogens with one attached hydrogen (secondary N) is 1. The van der Waals surface area contributed by atoms with Crippen LogP contribution in [0.15, 0.2) is 30.3 Å². The highest BCUT2D eigenvalue weighted by Crippen LogP contribution is 2.13. The molecule has 1 amide bonds. The molecule has 1 rings (SSSR count). The van der Waals surface area contributed by atoms with Gasteiger partial charge in [-0.15, -0.1) is 0 Å². The molecule has 0 aromatic heterocycles. The summed E-state index contributed by atoms with van der Waals surface area (Å²) in [5, 5.41) is 2.74. The van der Waals surface area contributed by atoms with Crippen LogP contribution in [-0.2, 0) is 20.9 Å². The van der Waals surface area contributed by atoms with Crippen molar-refractivity contribution in [1.29, 1.82) is 0 Å². The number of halogens is 1. The van der Waals surface area contributed by atoms with Crippen molar-refractivity contribution < 1.29 is 19.1 Å². The van der Waals surface area contributed by atoms with Gasteiger partial charge in [-0.1, -0.05) is 59.8 Å². The Kier molecular flexibility index (Phi) is 8.11. The first-order valence-corrected chi connectivity index (χ1v) is 8.25. The van der Waals surface area contributed by atoms with Gasteiger partial charge in [-0.2, -0.15) is 0 Å². The van der Waals surface area contributed by atoms with Gasteiger partial charge in [0.2, 0.25) is 0 Å². The van der Waals surface area contributed by atoms with E-state index in [1.165, 1.54) is 7.11 Å².